The van der Waals surface area contributed by atoms with Gasteiger partial charge in [-0.1, -0.05) is 352 Å². The molecule has 0 amide bonds. The molecule has 9 heteroatoms. The van der Waals surface area contributed by atoms with Gasteiger partial charge in [0.15, 0.2) is 6.10 Å². The molecule has 86 heavy (non-hydrogen) atoms. The van der Waals surface area contributed by atoms with Crippen LogP contribution in [-0.2, 0) is 33.3 Å². The lowest BCUT2D eigenvalue weighted by Gasteiger charge is -2.25. The van der Waals surface area contributed by atoms with E-state index in [9.17, 15) is 19.5 Å². The minimum absolute atomic E-state index is 0.179. The van der Waals surface area contributed by atoms with Gasteiger partial charge in [-0.15, -0.1) is 0 Å². The van der Waals surface area contributed by atoms with Crippen LogP contribution in [0.25, 0.3) is 0 Å². The number of aliphatic carboxylic acids is 1. The van der Waals surface area contributed by atoms with E-state index in [2.05, 4.69) is 50.3 Å². The summed E-state index contributed by atoms with van der Waals surface area (Å²) in [7, 11) is 5.99. The van der Waals surface area contributed by atoms with E-state index in [4.69, 9.17) is 18.9 Å². The summed E-state index contributed by atoms with van der Waals surface area (Å²) in [5.74, 6) is -1.98. The van der Waals surface area contributed by atoms with Crippen LogP contribution in [0.1, 0.15) is 380 Å². The second kappa shape index (κ2) is 68.4. The molecule has 0 rings (SSSR count). The summed E-state index contributed by atoms with van der Waals surface area (Å²) in [5, 5.41) is 9.75. The zero-order chi connectivity index (χ0) is 62.6. The Balaban J connectivity index is 3.99. The molecule has 0 aliphatic heterocycles. The number of hydrogen-bond donors (Lipinski definition) is 1. The number of carboxylic acid groups (broad SMARTS) is 1. The number of unbranched alkanes of at least 4 members (excludes halogenated alkanes) is 50. The fraction of sp³-hybridized carbons (Fsp3) is 0.883. The normalized spacial score (nSPS) is 12.8. The van der Waals surface area contributed by atoms with Gasteiger partial charge in [0.25, 0.3) is 6.29 Å². The Morgan fingerprint density at radius 1 is 0.349 bits per heavy atom. The van der Waals surface area contributed by atoms with E-state index in [1.165, 1.54) is 295 Å². The van der Waals surface area contributed by atoms with Crippen LogP contribution in [0.15, 0.2) is 36.5 Å². The fourth-order valence-corrected chi connectivity index (χ4v) is 11.4. The van der Waals surface area contributed by atoms with Crippen molar-refractivity contribution in [2.24, 2.45) is 0 Å². The van der Waals surface area contributed by atoms with Crippen molar-refractivity contribution in [3.63, 3.8) is 0 Å². The van der Waals surface area contributed by atoms with Crippen LogP contribution in [0.3, 0.4) is 0 Å². The minimum atomic E-state index is -1.51. The van der Waals surface area contributed by atoms with Crippen LogP contribution in [0.4, 0.5) is 0 Å². The molecule has 0 bridgehead atoms. The molecular weight excluding hydrogens is 1070 g/mol. The van der Waals surface area contributed by atoms with E-state index in [1.807, 2.05) is 21.1 Å². The maximum Gasteiger partial charge on any atom is 0.361 e. The van der Waals surface area contributed by atoms with Crippen LogP contribution in [0.2, 0.25) is 0 Å². The number of hydrogen-bond acceptors (Lipinski definition) is 7. The van der Waals surface area contributed by atoms with Crippen molar-refractivity contribution in [2.45, 2.75) is 392 Å². The van der Waals surface area contributed by atoms with Crippen molar-refractivity contribution in [1.29, 1.82) is 0 Å². The van der Waals surface area contributed by atoms with Crippen molar-refractivity contribution in [2.75, 3.05) is 47.5 Å². The van der Waals surface area contributed by atoms with Crippen LogP contribution < -0.4 is 0 Å². The number of nitrogens with zero attached hydrogens (tertiary/aromatic N) is 1. The second-order valence-electron chi connectivity index (χ2n) is 27.0. The van der Waals surface area contributed by atoms with Crippen molar-refractivity contribution in [3.8, 4) is 0 Å². The van der Waals surface area contributed by atoms with Gasteiger partial charge in [-0.3, -0.25) is 9.59 Å². The molecule has 0 aromatic carbocycles. The molecule has 1 N–H and O–H groups in total. The Labute approximate surface area is 534 Å². The summed E-state index contributed by atoms with van der Waals surface area (Å²) >= 11 is 0. The molecule has 0 fully saturated rings. The molecule has 506 valence electrons. The summed E-state index contributed by atoms with van der Waals surface area (Å²) in [6.07, 6.45) is 84.3. The van der Waals surface area contributed by atoms with E-state index in [1.54, 1.807) is 0 Å². The number of carbonyl (C=O) groups excluding carboxylic acids is 2. The van der Waals surface area contributed by atoms with Crippen molar-refractivity contribution >= 4 is 17.9 Å². The number of rotatable bonds is 71. The zero-order valence-corrected chi connectivity index (χ0v) is 58.0. The molecule has 9 nitrogen and oxygen atoms in total. The van der Waals surface area contributed by atoms with Gasteiger partial charge in [-0.2, -0.15) is 0 Å². The summed E-state index contributed by atoms with van der Waals surface area (Å²) < 4.78 is 23.0. The first-order valence-corrected chi connectivity index (χ1v) is 37.7. The quantitative estimate of drug-likeness (QED) is 0.0211. The Bertz CT molecular complexity index is 1500. The highest BCUT2D eigenvalue weighted by atomic mass is 16.7. The van der Waals surface area contributed by atoms with Gasteiger partial charge in [0.05, 0.1) is 34.4 Å². The molecule has 0 aliphatic rings. The molecule has 2 atom stereocenters. The Kier molecular flexibility index (Phi) is 66.4. The van der Waals surface area contributed by atoms with E-state index >= 15 is 0 Å². The number of allylic oxidation sites excluding steroid dienone is 6. The average molecular weight is 1210 g/mol. The molecule has 0 aromatic rings. The lowest BCUT2D eigenvalue weighted by Crippen LogP contribution is -2.40. The smallest absolute Gasteiger partial charge is 0.361 e. The molecule has 0 aromatic heterocycles. The predicted octanol–water partition coefficient (Wildman–Crippen LogP) is 23.5. The molecule has 0 saturated carbocycles. The summed E-state index contributed by atoms with van der Waals surface area (Å²) in [5.41, 5.74) is 0. The number of ether oxygens (including phenoxy) is 4. The maximum absolute atomic E-state index is 12.9. The first-order valence-electron chi connectivity index (χ1n) is 37.7. The highest BCUT2D eigenvalue weighted by Crippen LogP contribution is 2.19. The van der Waals surface area contributed by atoms with Gasteiger partial charge in [0, 0.05) is 12.8 Å². The highest BCUT2D eigenvalue weighted by molar-refractivity contribution is 5.71. The minimum Gasteiger partial charge on any atom is -0.477 e. The third-order valence-corrected chi connectivity index (χ3v) is 17.1. The van der Waals surface area contributed by atoms with Gasteiger partial charge in [0.1, 0.15) is 13.2 Å². The Hall–Kier alpha value is -2.49. The first-order chi connectivity index (χ1) is 42.1. The number of esters is 2. The molecule has 0 saturated heterocycles. The zero-order valence-electron chi connectivity index (χ0n) is 58.0. The first kappa shape index (κ1) is 83.5. The van der Waals surface area contributed by atoms with Gasteiger partial charge in [-0.25, -0.2) is 4.79 Å². The molecule has 2 unspecified atom stereocenters. The van der Waals surface area contributed by atoms with Crippen LogP contribution in [-0.4, -0.2) is 87.4 Å². The average Bonchev–Trinajstić information content (AvgIpc) is 3.63. The lowest BCUT2D eigenvalue weighted by atomic mass is 10.0. The fourth-order valence-electron chi connectivity index (χ4n) is 11.4. The van der Waals surface area contributed by atoms with Gasteiger partial charge < -0.3 is 28.5 Å². The number of carbonyl (C=O) groups is 3. The summed E-state index contributed by atoms with van der Waals surface area (Å²) in [6, 6.07) is 0. The predicted molar refractivity (Wildman–Crippen MR) is 369 cm³/mol. The van der Waals surface area contributed by atoms with Crippen molar-refractivity contribution in [3.05, 3.63) is 36.5 Å². The van der Waals surface area contributed by atoms with Crippen molar-refractivity contribution in [1.82, 2.24) is 0 Å². The maximum atomic E-state index is 12.9. The van der Waals surface area contributed by atoms with Crippen molar-refractivity contribution < 1.29 is 42.9 Å². The van der Waals surface area contributed by atoms with Gasteiger partial charge in [0.2, 0.25) is 0 Å². The number of likely N-dealkylation sites (N-methyl/N-ethyl adjacent to an activating group) is 1. The van der Waals surface area contributed by atoms with E-state index in [0.717, 1.165) is 57.8 Å². The Morgan fingerprint density at radius 2 is 0.628 bits per heavy atom. The molecule has 0 aliphatic carbocycles. The van der Waals surface area contributed by atoms with Gasteiger partial charge in [-0.05, 0) is 51.4 Å². The van der Waals surface area contributed by atoms with E-state index < -0.39 is 24.3 Å². The van der Waals surface area contributed by atoms with Crippen LogP contribution in [0, 0.1) is 0 Å². The lowest BCUT2D eigenvalue weighted by molar-refractivity contribution is -0.870. The monoisotopic (exact) mass is 1210 g/mol. The van der Waals surface area contributed by atoms with E-state index in [-0.39, 0.29) is 32.2 Å². The standard InChI is InChI=1S/C77H145NO8/c1-6-8-10-12-14-16-18-20-22-24-26-28-30-32-33-34-35-36-37-38-39-40-41-42-44-45-47-49-51-53-55-57-59-61-63-65-67-74(79)84-71-73(72-85-77(76(81)82)83-70-69-78(3,4)5)86-75(80)68-66-64-62-60-58-56-54-52-50-48-46-43-31-29-27-25-23-21-19-17-15-13-11-9-7-2/h19,21,25,27,31,43,73,77H,6-18,20,22-24,26,28-30,32-42,44-72H2,1-5H3/p+1/b21-19-,27-25-,43-31-. The molecule has 0 radical (unpaired) electrons. The second-order valence-corrected chi connectivity index (χ2v) is 27.0. The summed E-state index contributed by atoms with van der Waals surface area (Å²) in [6.45, 7) is 4.93. The SMILES string of the molecule is CCCCCCC/C=C\C/C=C\C/C=C\CCCCCCCCCCCCC(=O)OC(COC(=O)CCCCCCCCCCCCCCCCCCCCCCCCCCCCCCCCCCCCCC)COC(OCC[N+](C)(C)C)C(=O)O. The highest BCUT2D eigenvalue weighted by Gasteiger charge is 2.25. The van der Waals surface area contributed by atoms with Crippen LogP contribution >= 0.6 is 0 Å². The molecule has 0 heterocycles. The summed E-state index contributed by atoms with van der Waals surface area (Å²) in [4.78, 5) is 37.7. The van der Waals surface area contributed by atoms with Crippen LogP contribution in [0.5, 0.6) is 0 Å². The third kappa shape index (κ3) is 69.0. The topological polar surface area (TPSA) is 108 Å². The molecule has 0 spiro atoms. The largest absolute Gasteiger partial charge is 0.477 e. The molecular formula is C77H146NO8+. The Morgan fingerprint density at radius 3 is 0.930 bits per heavy atom. The number of carboxylic acids is 1. The van der Waals surface area contributed by atoms with E-state index in [0.29, 0.717) is 17.4 Å². The third-order valence-electron chi connectivity index (χ3n) is 17.1. The van der Waals surface area contributed by atoms with Gasteiger partial charge >= 0.3 is 17.9 Å². The number of quaternary nitrogens is 1.